The maximum absolute atomic E-state index is 11.3. The number of phosphoric acid groups is 2. The van der Waals surface area contributed by atoms with Crippen LogP contribution in [0.5, 0.6) is 0 Å². The van der Waals surface area contributed by atoms with Crippen LogP contribution in [0.1, 0.15) is 47.3 Å². The Kier molecular flexibility index (Phi) is 6.89. The summed E-state index contributed by atoms with van der Waals surface area (Å²) in [5, 5.41) is 0. The zero-order valence-corrected chi connectivity index (χ0v) is 11.5. The summed E-state index contributed by atoms with van der Waals surface area (Å²) in [6.07, 6.45) is 2.57. The van der Waals surface area contributed by atoms with E-state index in [1.54, 1.807) is 6.92 Å². The van der Waals surface area contributed by atoms with E-state index < -0.39 is 21.7 Å². The van der Waals surface area contributed by atoms with Crippen LogP contribution in [-0.2, 0) is 18.0 Å². The molecule has 0 saturated carbocycles. The van der Waals surface area contributed by atoms with Gasteiger partial charge in [0.05, 0.1) is 6.10 Å². The van der Waals surface area contributed by atoms with Gasteiger partial charge in [-0.25, -0.2) is 9.13 Å². The van der Waals surface area contributed by atoms with Crippen molar-refractivity contribution >= 4 is 15.6 Å². The maximum atomic E-state index is 11.3. The van der Waals surface area contributed by atoms with Gasteiger partial charge in [-0.3, -0.25) is 4.52 Å². The predicted octanol–water partition coefficient (Wildman–Crippen LogP) is 2.57. The van der Waals surface area contributed by atoms with E-state index >= 15 is 0 Å². The molecule has 2 atom stereocenters. The van der Waals surface area contributed by atoms with Crippen LogP contribution in [0.15, 0.2) is 0 Å². The van der Waals surface area contributed by atoms with E-state index in [0.29, 0.717) is 26.2 Å². The van der Waals surface area contributed by atoms with Crippen molar-refractivity contribution in [2.45, 2.75) is 52.0 Å². The molecule has 0 spiro atoms. The van der Waals surface area contributed by atoms with E-state index in [2.05, 4.69) is 4.31 Å². The summed E-state index contributed by atoms with van der Waals surface area (Å²) in [5.41, 5.74) is 0. The molecule has 0 aliphatic rings. The quantitative estimate of drug-likeness (QED) is 0.442. The molecule has 17 heavy (non-hydrogen) atoms. The number of hydrogen-bond donors (Lipinski definition) is 3. The van der Waals surface area contributed by atoms with Crippen molar-refractivity contribution in [3.05, 3.63) is 0 Å². The highest BCUT2D eigenvalue weighted by molar-refractivity contribution is 7.60. The Morgan fingerprint density at radius 2 is 1.94 bits per heavy atom. The fourth-order valence-corrected chi connectivity index (χ4v) is 3.08. The second-order valence-corrected chi connectivity index (χ2v) is 6.31. The highest BCUT2D eigenvalue weighted by atomic mass is 31.3. The van der Waals surface area contributed by atoms with E-state index in [0.717, 1.165) is 12.8 Å². The monoisotopic (exact) mass is 291 g/mol. The van der Waals surface area contributed by atoms with Gasteiger partial charge >= 0.3 is 15.6 Å². The van der Waals surface area contributed by atoms with Gasteiger partial charge in [0.1, 0.15) is 0 Å². The van der Waals surface area contributed by atoms with Crippen molar-refractivity contribution < 1.29 is 34.0 Å². The summed E-state index contributed by atoms with van der Waals surface area (Å²) in [6, 6.07) is 0. The fourth-order valence-electron chi connectivity index (χ4n) is 1.22. The molecule has 0 heterocycles. The molecule has 104 valence electrons. The molecule has 0 aliphatic carbocycles. The van der Waals surface area contributed by atoms with Crippen LogP contribution in [0.4, 0.5) is 0 Å². The van der Waals surface area contributed by atoms with Crippen molar-refractivity contribution in [3.8, 4) is 0 Å². The lowest BCUT2D eigenvalue weighted by molar-refractivity contribution is 0.116. The summed E-state index contributed by atoms with van der Waals surface area (Å²) in [6.45, 7) is 2.06. The van der Waals surface area contributed by atoms with Crippen LogP contribution < -0.4 is 0 Å². The van der Waals surface area contributed by atoms with Gasteiger partial charge in [0.15, 0.2) is 0 Å². The van der Waals surface area contributed by atoms with Gasteiger partial charge in [0.25, 0.3) is 0 Å². The molecule has 0 radical (unpaired) electrons. The first kappa shape index (κ1) is 15.3. The Labute approximate surface area is 102 Å². The van der Waals surface area contributed by atoms with Crippen molar-refractivity contribution in [1.82, 2.24) is 0 Å². The molecule has 3 N–H and O–H groups in total. The van der Waals surface area contributed by atoms with Gasteiger partial charge in [-0.2, -0.15) is 4.31 Å². The first-order valence-electron chi connectivity index (χ1n) is 5.98. The Balaban J connectivity index is 4.18. The molecule has 0 amide bonds. The standard InChI is InChI=1S/C8H20O7P2/c1-3-5-6-7-8(4-2)14-17(12,13)15-16(9,10)11/h8H,3-7H2,1-2H3,(H,12,13)(H2,9,10,11)/i1D. The van der Waals surface area contributed by atoms with Crippen LogP contribution in [0, 0.1) is 0 Å². The SMILES string of the molecule is [2H]CCCCCC(CC)OP(=O)(O)OP(=O)(O)O. The third-order valence-corrected chi connectivity index (χ3v) is 4.21. The highest BCUT2D eigenvalue weighted by Crippen LogP contribution is 2.58. The van der Waals surface area contributed by atoms with Crippen LogP contribution in [0.25, 0.3) is 0 Å². The minimum atomic E-state index is -5.05. The van der Waals surface area contributed by atoms with Gasteiger partial charge < -0.3 is 14.7 Å². The minimum absolute atomic E-state index is 0.331. The molecule has 0 bridgehead atoms. The molecule has 2 unspecified atom stereocenters. The second kappa shape index (κ2) is 7.64. The van der Waals surface area contributed by atoms with Crippen LogP contribution in [0.3, 0.4) is 0 Å². The molecule has 7 nitrogen and oxygen atoms in total. The third kappa shape index (κ3) is 9.92. The largest absolute Gasteiger partial charge is 0.481 e. The molecular weight excluding hydrogens is 270 g/mol. The second-order valence-electron chi connectivity index (χ2n) is 3.53. The van der Waals surface area contributed by atoms with Gasteiger partial charge in [0.2, 0.25) is 0 Å². The Morgan fingerprint density at radius 1 is 1.29 bits per heavy atom. The van der Waals surface area contributed by atoms with E-state index in [4.69, 9.17) is 20.6 Å². The fraction of sp³-hybridized carbons (Fsp3) is 1.00. The van der Waals surface area contributed by atoms with Crippen LogP contribution >= 0.6 is 15.6 Å². The molecule has 0 aromatic carbocycles. The Bertz CT molecular complexity index is 319. The summed E-state index contributed by atoms with van der Waals surface area (Å²) < 4.78 is 37.1. The van der Waals surface area contributed by atoms with Gasteiger partial charge in [0, 0.05) is 1.37 Å². The number of hydrogen-bond acceptors (Lipinski definition) is 4. The molecule has 0 fully saturated rings. The van der Waals surface area contributed by atoms with Gasteiger partial charge in [-0.05, 0) is 12.8 Å². The van der Waals surface area contributed by atoms with Crippen molar-refractivity contribution in [1.29, 1.82) is 0 Å². The van der Waals surface area contributed by atoms with Crippen molar-refractivity contribution in [2.75, 3.05) is 0 Å². The normalized spacial score (nSPS) is 18.5. The lowest BCUT2D eigenvalue weighted by Gasteiger charge is -2.19. The van der Waals surface area contributed by atoms with Crippen LogP contribution in [0.2, 0.25) is 0 Å². The molecular formula is C8H20O7P2. The lowest BCUT2D eigenvalue weighted by atomic mass is 10.1. The molecule has 0 rings (SSSR count). The van der Waals surface area contributed by atoms with Crippen molar-refractivity contribution in [3.63, 3.8) is 0 Å². The number of phosphoric ester groups is 1. The third-order valence-electron chi connectivity index (χ3n) is 1.97. The predicted molar refractivity (Wildman–Crippen MR) is 62.3 cm³/mol. The molecule has 9 heteroatoms. The highest BCUT2D eigenvalue weighted by Gasteiger charge is 2.34. The summed E-state index contributed by atoms with van der Waals surface area (Å²) in [4.78, 5) is 26.0. The maximum Gasteiger partial charge on any atom is 0.481 e. The summed E-state index contributed by atoms with van der Waals surface area (Å²) in [7, 11) is -9.80. The van der Waals surface area contributed by atoms with Crippen LogP contribution in [-0.4, -0.2) is 20.8 Å². The lowest BCUT2D eigenvalue weighted by Crippen LogP contribution is -2.10. The topological polar surface area (TPSA) is 113 Å². The minimum Gasteiger partial charge on any atom is -0.302 e. The van der Waals surface area contributed by atoms with E-state index in [-0.39, 0.29) is 0 Å². The zero-order valence-electron chi connectivity index (χ0n) is 10.7. The summed E-state index contributed by atoms with van der Waals surface area (Å²) >= 11 is 0. The van der Waals surface area contributed by atoms with E-state index in [1.165, 1.54) is 0 Å². The average Bonchev–Trinajstić information content (AvgIpc) is 2.18. The smallest absolute Gasteiger partial charge is 0.302 e. The average molecular weight is 291 g/mol. The van der Waals surface area contributed by atoms with Crippen molar-refractivity contribution in [2.24, 2.45) is 0 Å². The Morgan fingerprint density at radius 3 is 2.41 bits per heavy atom. The van der Waals surface area contributed by atoms with E-state index in [1.807, 2.05) is 0 Å². The molecule has 0 saturated heterocycles. The Hall–Kier alpha value is 0.260. The van der Waals surface area contributed by atoms with Gasteiger partial charge in [-0.1, -0.05) is 33.1 Å². The molecule has 0 aliphatic heterocycles. The first-order valence-corrected chi connectivity index (χ1v) is 8.30. The summed E-state index contributed by atoms with van der Waals surface area (Å²) in [5.74, 6) is 0. The molecule has 0 aromatic rings. The zero-order chi connectivity index (χ0) is 14.2. The number of rotatable bonds is 9. The number of unbranched alkanes of at least 4 members (excludes halogenated alkanes) is 2. The molecule has 0 aromatic heterocycles. The van der Waals surface area contributed by atoms with Gasteiger partial charge in [-0.15, -0.1) is 0 Å². The first-order chi connectivity index (χ1) is 8.20. The van der Waals surface area contributed by atoms with E-state index in [9.17, 15) is 9.13 Å².